The smallest absolute Gasteiger partial charge is 0.390 e. The van der Waals surface area contributed by atoms with Crippen LogP contribution in [0.3, 0.4) is 0 Å². The van der Waals surface area contributed by atoms with Crippen molar-refractivity contribution in [2.24, 2.45) is 0 Å². The highest BCUT2D eigenvalue weighted by molar-refractivity contribution is 7.47. The van der Waals surface area contributed by atoms with Crippen molar-refractivity contribution in [3.05, 3.63) is 36.5 Å². The Balaban J connectivity index is 4.33. The van der Waals surface area contributed by atoms with Crippen LogP contribution in [0.15, 0.2) is 36.5 Å². The van der Waals surface area contributed by atoms with Gasteiger partial charge in [-0.15, -0.1) is 0 Å². The molecule has 9 nitrogen and oxygen atoms in total. The molecule has 0 aromatic heterocycles. The van der Waals surface area contributed by atoms with Crippen molar-refractivity contribution in [3.8, 4) is 0 Å². The predicted molar refractivity (Wildman–Crippen MR) is 250 cm³/mol. The molecule has 348 valence electrons. The molecule has 0 aromatic carbocycles. The molecular weight excluding hydrogens is 760 g/mol. The van der Waals surface area contributed by atoms with Crippen molar-refractivity contribution in [1.82, 2.24) is 5.32 Å². The first kappa shape index (κ1) is 57.7. The first-order chi connectivity index (χ1) is 28.4. The summed E-state index contributed by atoms with van der Waals surface area (Å²) in [5, 5.41) is 24.7. The fourth-order valence-electron chi connectivity index (χ4n) is 7.12. The molecule has 0 saturated heterocycles. The van der Waals surface area contributed by atoms with Crippen molar-refractivity contribution >= 4 is 13.7 Å². The Bertz CT molecular complexity index is 1080. The van der Waals surface area contributed by atoms with E-state index in [2.05, 4.69) is 48.7 Å². The predicted octanol–water partition coefficient (Wildman–Crippen LogP) is 12.8. The molecule has 59 heavy (non-hydrogen) atoms. The van der Waals surface area contributed by atoms with Crippen LogP contribution in [0.25, 0.3) is 0 Å². The van der Waals surface area contributed by atoms with Crippen LogP contribution in [0.5, 0.6) is 0 Å². The Morgan fingerprint density at radius 1 is 0.610 bits per heavy atom. The molecule has 1 amide bonds. The highest BCUT2D eigenvalue weighted by atomic mass is 31.2. The molecule has 4 atom stereocenters. The molecule has 4 N–H and O–H groups in total. The van der Waals surface area contributed by atoms with Crippen LogP contribution in [0, 0.1) is 0 Å². The minimum absolute atomic E-state index is 0.0133. The van der Waals surface area contributed by atoms with Gasteiger partial charge in [-0.2, -0.15) is 0 Å². The summed E-state index contributed by atoms with van der Waals surface area (Å²) in [7, 11) is 1.41. The van der Waals surface area contributed by atoms with Gasteiger partial charge in [-0.25, -0.2) is 4.57 Å². The summed E-state index contributed by atoms with van der Waals surface area (Å²) >= 11 is 0. The normalized spacial score (nSPS) is 15.1. The van der Waals surface area contributed by atoms with Gasteiger partial charge >= 0.3 is 7.82 Å². The molecule has 0 heterocycles. The van der Waals surface area contributed by atoms with E-state index in [1.807, 2.05) is 28.1 Å². The number of carbonyl (C=O) groups is 1. The number of allylic oxidation sites excluding steroid dienone is 6. The minimum Gasteiger partial charge on any atom is -0.390 e. The van der Waals surface area contributed by atoms with Crippen molar-refractivity contribution in [2.75, 3.05) is 40.9 Å². The number of unbranched alkanes of at least 4 members (excludes halogenated alkanes) is 25. The number of nitrogens with one attached hydrogen (secondary N) is 1. The third kappa shape index (κ3) is 41.8. The molecule has 0 bridgehead atoms. The summed E-state index contributed by atoms with van der Waals surface area (Å²) in [4.78, 5) is 23.2. The molecule has 0 saturated carbocycles. The Morgan fingerprint density at radius 2 is 1.02 bits per heavy atom. The van der Waals surface area contributed by atoms with Gasteiger partial charge in [0.15, 0.2) is 0 Å². The van der Waals surface area contributed by atoms with Crippen LogP contribution >= 0.6 is 7.82 Å². The van der Waals surface area contributed by atoms with E-state index in [0.717, 1.165) is 51.4 Å². The van der Waals surface area contributed by atoms with E-state index in [4.69, 9.17) is 9.05 Å². The van der Waals surface area contributed by atoms with Gasteiger partial charge in [-0.1, -0.05) is 185 Å². The summed E-state index contributed by atoms with van der Waals surface area (Å²) in [6, 6.07) is -1.06. The summed E-state index contributed by atoms with van der Waals surface area (Å²) in [5.41, 5.74) is 0. The number of likely N-dealkylation sites (N-methyl/N-ethyl adjacent to an activating group) is 1. The zero-order chi connectivity index (χ0) is 43.7. The number of phosphoric ester groups is 1. The number of phosphoric acid groups is 1. The van der Waals surface area contributed by atoms with Crippen molar-refractivity contribution in [2.45, 2.75) is 231 Å². The standard InChI is InChI=1S/C49H95N2O7P/c1-6-8-10-12-14-16-18-20-21-22-23-24-25-26-27-28-29-30-32-34-36-38-40-42-48(53)50-46(45-58-59(55,56)57-44-43-51(3,4)5)49(54)47(52)41-39-37-35-33-31-19-17-15-13-11-9-7-2/h7,9,15,17,33,35,46-47,49,52,54H,6,8,10-14,16,18-32,34,36-45H2,1-5H3,(H-,50,53,55,56)/p+1/b9-7+,17-15+,35-33+. The fraction of sp³-hybridized carbons (Fsp3) is 0.857. The van der Waals surface area contributed by atoms with E-state index in [1.165, 1.54) is 128 Å². The van der Waals surface area contributed by atoms with Crippen LogP contribution in [0.2, 0.25) is 0 Å². The number of nitrogens with zero attached hydrogens (tertiary/aromatic N) is 1. The molecule has 0 aliphatic heterocycles. The van der Waals surface area contributed by atoms with Gasteiger partial charge in [0.2, 0.25) is 5.91 Å². The summed E-state index contributed by atoms with van der Waals surface area (Å²) < 4.78 is 23.5. The topological polar surface area (TPSA) is 125 Å². The first-order valence-electron chi connectivity index (χ1n) is 24.4. The van der Waals surface area contributed by atoms with E-state index in [1.54, 1.807) is 0 Å². The van der Waals surface area contributed by atoms with E-state index >= 15 is 0 Å². The number of aliphatic hydroxyl groups excluding tert-OH is 2. The highest BCUT2D eigenvalue weighted by Gasteiger charge is 2.31. The maximum atomic E-state index is 12.9. The van der Waals surface area contributed by atoms with Gasteiger partial charge in [0.1, 0.15) is 19.3 Å². The average Bonchev–Trinajstić information content (AvgIpc) is 3.19. The molecule has 0 radical (unpaired) electrons. The molecule has 0 aliphatic carbocycles. The van der Waals surface area contributed by atoms with Crippen LogP contribution in [-0.2, 0) is 18.4 Å². The summed E-state index contributed by atoms with van der Waals surface area (Å²) in [6.07, 6.45) is 46.7. The number of hydrogen-bond acceptors (Lipinski definition) is 6. The molecule has 4 unspecified atom stereocenters. The fourth-order valence-corrected chi connectivity index (χ4v) is 7.86. The molecule has 0 fully saturated rings. The molecule has 10 heteroatoms. The number of carbonyl (C=O) groups excluding carboxylic acids is 1. The van der Waals surface area contributed by atoms with E-state index < -0.39 is 32.7 Å². The maximum Gasteiger partial charge on any atom is 0.472 e. The second kappa shape index (κ2) is 40.7. The number of amides is 1. The first-order valence-corrected chi connectivity index (χ1v) is 25.9. The monoisotopic (exact) mass is 856 g/mol. The SMILES string of the molecule is C/C=C/CC/C=C/CC/C=C/CCCC(O)C(O)C(COP(=O)(O)OCC[N+](C)(C)C)NC(=O)CCCCCCCCCCCCCCCCCCCCCCCCC. The molecule has 0 aromatic rings. The summed E-state index contributed by atoms with van der Waals surface area (Å²) in [5.74, 6) is -0.272. The van der Waals surface area contributed by atoms with Crippen LogP contribution in [-0.4, -0.2) is 84.6 Å². The van der Waals surface area contributed by atoms with Gasteiger partial charge < -0.3 is 24.9 Å². The number of hydrogen-bond donors (Lipinski definition) is 4. The zero-order valence-corrected chi connectivity index (χ0v) is 40.0. The third-order valence-electron chi connectivity index (χ3n) is 11.0. The molecular formula is C49H96N2O7P+. The van der Waals surface area contributed by atoms with Gasteiger partial charge in [0.05, 0.1) is 39.9 Å². The van der Waals surface area contributed by atoms with Crippen molar-refractivity contribution in [3.63, 3.8) is 0 Å². The quantitative estimate of drug-likeness (QED) is 0.0208. The van der Waals surface area contributed by atoms with Gasteiger partial charge in [-0.3, -0.25) is 13.8 Å². The lowest BCUT2D eigenvalue weighted by Crippen LogP contribution is -2.51. The molecule has 0 spiro atoms. The number of rotatable bonds is 44. The lowest BCUT2D eigenvalue weighted by atomic mass is 10.0. The zero-order valence-electron chi connectivity index (χ0n) is 39.1. The number of aliphatic hydroxyl groups is 2. The van der Waals surface area contributed by atoms with Crippen molar-refractivity contribution in [1.29, 1.82) is 0 Å². The van der Waals surface area contributed by atoms with Gasteiger partial charge in [-0.05, 0) is 58.3 Å². The Labute approximate surface area is 364 Å². The van der Waals surface area contributed by atoms with E-state index in [0.29, 0.717) is 23.9 Å². The third-order valence-corrected chi connectivity index (χ3v) is 12.0. The van der Waals surface area contributed by atoms with E-state index in [-0.39, 0.29) is 18.9 Å². The van der Waals surface area contributed by atoms with Crippen molar-refractivity contribution < 1.29 is 38.0 Å². The lowest BCUT2D eigenvalue weighted by molar-refractivity contribution is -0.870. The average molecular weight is 856 g/mol. The minimum atomic E-state index is -4.43. The Kier molecular flexibility index (Phi) is 39.8. The summed E-state index contributed by atoms with van der Waals surface area (Å²) in [6.45, 7) is 4.37. The second-order valence-corrected chi connectivity index (χ2v) is 19.4. The number of quaternary nitrogens is 1. The highest BCUT2D eigenvalue weighted by Crippen LogP contribution is 2.43. The largest absolute Gasteiger partial charge is 0.472 e. The Morgan fingerprint density at radius 3 is 1.44 bits per heavy atom. The lowest BCUT2D eigenvalue weighted by Gasteiger charge is -2.28. The Hall–Kier alpha value is -1.32. The van der Waals surface area contributed by atoms with Crippen LogP contribution < -0.4 is 5.32 Å². The molecule has 0 rings (SSSR count). The second-order valence-electron chi connectivity index (χ2n) is 18.0. The van der Waals surface area contributed by atoms with E-state index in [9.17, 15) is 24.5 Å². The van der Waals surface area contributed by atoms with Crippen LogP contribution in [0.1, 0.15) is 213 Å². The molecule has 0 aliphatic rings. The maximum absolute atomic E-state index is 12.9. The van der Waals surface area contributed by atoms with Crippen LogP contribution in [0.4, 0.5) is 0 Å². The van der Waals surface area contributed by atoms with Gasteiger partial charge in [0, 0.05) is 6.42 Å². The van der Waals surface area contributed by atoms with Gasteiger partial charge in [0.25, 0.3) is 0 Å².